The molecule has 0 saturated heterocycles. The molecular formula is C13H13BrClN3. The Labute approximate surface area is 120 Å². The molecule has 18 heavy (non-hydrogen) atoms. The minimum absolute atomic E-state index is 0.427. The van der Waals surface area contributed by atoms with Gasteiger partial charge >= 0.3 is 0 Å². The van der Waals surface area contributed by atoms with Gasteiger partial charge in [0.05, 0.1) is 4.47 Å². The fourth-order valence-electron chi connectivity index (χ4n) is 1.72. The molecule has 0 saturated carbocycles. The van der Waals surface area contributed by atoms with E-state index in [-0.39, 0.29) is 0 Å². The number of rotatable bonds is 3. The predicted molar refractivity (Wildman–Crippen MR) is 78.0 cm³/mol. The summed E-state index contributed by atoms with van der Waals surface area (Å²) in [5.74, 6) is 0.790. The van der Waals surface area contributed by atoms with Gasteiger partial charge in [0.2, 0.25) is 0 Å². The van der Waals surface area contributed by atoms with Crippen LogP contribution in [0.2, 0.25) is 5.15 Å². The molecule has 0 bridgehead atoms. The van der Waals surface area contributed by atoms with Crippen LogP contribution in [0.25, 0.3) is 0 Å². The Balaban J connectivity index is 2.25. The standard InChI is InChI=1S/C13H13BrClN3/c1-9-5-3-4-6-10(9)7-18(2)13-11(14)12(15)16-8-17-13/h3-6,8H,7H2,1-2H3. The van der Waals surface area contributed by atoms with Crippen LogP contribution in [-0.2, 0) is 6.54 Å². The van der Waals surface area contributed by atoms with Gasteiger partial charge < -0.3 is 4.90 Å². The third kappa shape index (κ3) is 2.82. The molecule has 1 aromatic heterocycles. The molecule has 2 aromatic rings. The highest BCUT2D eigenvalue weighted by Crippen LogP contribution is 2.29. The first-order valence-electron chi connectivity index (χ1n) is 5.51. The molecular weight excluding hydrogens is 314 g/mol. The summed E-state index contributed by atoms with van der Waals surface area (Å²) in [5.41, 5.74) is 2.53. The van der Waals surface area contributed by atoms with E-state index in [1.165, 1.54) is 17.5 Å². The summed E-state index contributed by atoms with van der Waals surface area (Å²) < 4.78 is 0.725. The molecule has 0 aliphatic carbocycles. The summed E-state index contributed by atoms with van der Waals surface area (Å²) in [6, 6.07) is 8.29. The van der Waals surface area contributed by atoms with Crippen molar-refractivity contribution in [1.82, 2.24) is 9.97 Å². The normalized spacial score (nSPS) is 10.4. The number of hydrogen-bond donors (Lipinski definition) is 0. The molecule has 0 fully saturated rings. The molecule has 0 spiro atoms. The highest BCUT2D eigenvalue weighted by atomic mass is 79.9. The average Bonchev–Trinajstić information content (AvgIpc) is 2.35. The summed E-state index contributed by atoms with van der Waals surface area (Å²) in [5, 5.41) is 0.427. The van der Waals surface area contributed by atoms with Gasteiger partial charge in [0.15, 0.2) is 0 Å². The third-order valence-corrected chi connectivity index (χ3v) is 4.00. The van der Waals surface area contributed by atoms with Crippen molar-refractivity contribution in [3.8, 4) is 0 Å². The number of halogens is 2. The molecule has 0 aliphatic heterocycles. The zero-order valence-electron chi connectivity index (χ0n) is 10.2. The number of aromatic nitrogens is 2. The van der Waals surface area contributed by atoms with Gasteiger partial charge in [-0.3, -0.25) is 0 Å². The maximum absolute atomic E-state index is 5.97. The summed E-state index contributed by atoms with van der Waals surface area (Å²) in [7, 11) is 1.98. The Morgan fingerprint density at radius 1 is 1.28 bits per heavy atom. The molecule has 1 aromatic carbocycles. The van der Waals surface area contributed by atoms with E-state index in [0.29, 0.717) is 5.15 Å². The highest BCUT2D eigenvalue weighted by Gasteiger charge is 2.12. The van der Waals surface area contributed by atoms with Crippen LogP contribution in [0.4, 0.5) is 5.82 Å². The largest absolute Gasteiger partial charge is 0.354 e. The van der Waals surface area contributed by atoms with E-state index in [2.05, 4.69) is 45.0 Å². The van der Waals surface area contributed by atoms with Crippen molar-refractivity contribution in [2.75, 3.05) is 11.9 Å². The Morgan fingerprint density at radius 3 is 2.72 bits per heavy atom. The SMILES string of the molecule is Cc1ccccc1CN(C)c1ncnc(Cl)c1Br. The smallest absolute Gasteiger partial charge is 0.148 e. The van der Waals surface area contributed by atoms with Crippen molar-refractivity contribution in [3.05, 3.63) is 51.3 Å². The quantitative estimate of drug-likeness (QED) is 0.803. The first-order valence-corrected chi connectivity index (χ1v) is 6.68. The minimum Gasteiger partial charge on any atom is -0.354 e. The molecule has 94 valence electrons. The minimum atomic E-state index is 0.427. The average molecular weight is 327 g/mol. The van der Waals surface area contributed by atoms with Gasteiger partial charge in [0.1, 0.15) is 17.3 Å². The van der Waals surface area contributed by atoms with Crippen molar-refractivity contribution in [1.29, 1.82) is 0 Å². The first-order chi connectivity index (χ1) is 8.59. The van der Waals surface area contributed by atoms with Gasteiger partial charge in [-0.15, -0.1) is 0 Å². The van der Waals surface area contributed by atoms with Gasteiger partial charge in [-0.05, 0) is 34.0 Å². The van der Waals surface area contributed by atoms with Gasteiger partial charge in [0.25, 0.3) is 0 Å². The maximum atomic E-state index is 5.97. The first kappa shape index (κ1) is 13.3. The Bertz CT molecular complexity index is 560. The fourth-order valence-corrected chi connectivity index (χ4v) is 2.36. The molecule has 3 nitrogen and oxygen atoms in total. The van der Waals surface area contributed by atoms with E-state index in [1.807, 2.05) is 24.1 Å². The van der Waals surface area contributed by atoms with E-state index in [1.54, 1.807) is 0 Å². The second kappa shape index (κ2) is 5.67. The lowest BCUT2D eigenvalue weighted by Crippen LogP contribution is -2.19. The van der Waals surface area contributed by atoms with Crippen LogP contribution in [0.3, 0.4) is 0 Å². The molecule has 5 heteroatoms. The third-order valence-electron chi connectivity index (χ3n) is 2.76. The van der Waals surface area contributed by atoms with Crippen molar-refractivity contribution in [2.45, 2.75) is 13.5 Å². The van der Waals surface area contributed by atoms with E-state index < -0.39 is 0 Å². The predicted octanol–water partition coefficient (Wildman–Crippen LogP) is 3.84. The Kier molecular flexibility index (Phi) is 4.19. The van der Waals surface area contributed by atoms with Crippen molar-refractivity contribution < 1.29 is 0 Å². The van der Waals surface area contributed by atoms with Crippen LogP contribution in [0.5, 0.6) is 0 Å². The van der Waals surface area contributed by atoms with E-state index in [9.17, 15) is 0 Å². The topological polar surface area (TPSA) is 29.0 Å². The monoisotopic (exact) mass is 325 g/mol. The van der Waals surface area contributed by atoms with Gasteiger partial charge in [-0.25, -0.2) is 9.97 Å². The van der Waals surface area contributed by atoms with E-state index in [4.69, 9.17) is 11.6 Å². The summed E-state index contributed by atoms with van der Waals surface area (Å²) in [4.78, 5) is 10.2. The molecule has 0 unspecified atom stereocenters. The number of aryl methyl sites for hydroxylation is 1. The fraction of sp³-hybridized carbons (Fsp3) is 0.231. The molecule has 0 atom stereocenters. The van der Waals surface area contributed by atoms with Gasteiger partial charge in [-0.1, -0.05) is 35.9 Å². The Hall–Kier alpha value is -1.13. The zero-order chi connectivity index (χ0) is 13.1. The number of benzene rings is 1. The van der Waals surface area contributed by atoms with Crippen LogP contribution in [0, 0.1) is 6.92 Å². The Morgan fingerprint density at radius 2 is 2.00 bits per heavy atom. The lowest BCUT2D eigenvalue weighted by Gasteiger charge is -2.20. The van der Waals surface area contributed by atoms with Crippen LogP contribution >= 0.6 is 27.5 Å². The van der Waals surface area contributed by atoms with Crippen LogP contribution in [0.15, 0.2) is 35.1 Å². The molecule has 0 N–H and O–H groups in total. The van der Waals surface area contributed by atoms with Crippen LogP contribution in [-0.4, -0.2) is 17.0 Å². The number of nitrogens with zero attached hydrogens (tertiary/aromatic N) is 3. The summed E-state index contributed by atoms with van der Waals surface area (Å²) >= 11 is 9.38. The molecule has 0 aliphatic rings. The van der Waals surface area contributed by atoms with Crippen LogP contribution in [0.1, 0.15) is 11.1 Å². The van der Waals surface area contributed by atoms with Gasteiger partial charge in [0, 0.05) is 13.6 Å². The van der Waals surface area contributed by atoms with Gasteiger partial charge in [-0.2, -0.15) is 0 Å². The molecule has 0 radical (unpaired) electrons. The lowest BCUT2D eigenvalue weighted by molar-refractivity contribution is 0.880. The van der Waals surface area contributed by atoms with Crippen molar-refractivity contribution >= 4 is 33.3 Å². The van der Waals surface area contributed by atoms with Crippen molar-refractivity contribution in [2.24, 2.45) is 0 Å². The second-order valence-corrected chi connectivity index (χ2v) is 5.24. The van der Waals surface area contributed by atoms with Crippen molar-refractivity contribution in [3.63, 3.8) is 0 Å². The summed E-state index contributed by atoms with van der Waals surface area (Å²) in [6.07, 6.45) is 1.47. The van der Waals surface area contributed by atoms with Crippen LogP contribution < -0.4 is 4.90 Å². The summed E-state index contributed by atoms with van der Waals surface area (Å²) in [6.45, 7) is 2.88. The molecule has 0 amide bonds. The second-order valence-electron chi connectivity index (χ2n) is 4.08. The number of hydrogen-bond acceptors (Lipinski definition) is 3. The highest BCUT2D eigenvalue weighted by molar-refractivity contribution is 9.10. The van der Waals surface area contributed by atoms with E-state index in [0.717, 1.165) is 16.8 Å². The molecule has 1 heterocycles. The molecule has 2 rings (SSSR count). The lowest BCUT2D eigenvalue weighted by atomic mass is 10.1. The number of anilines is 1. The maximum Gasteiger partial charge on any atom is 0.148 e. The zero-order valence-corrected chi connectivity index (χ0v) is 12.5. The van der Waals surface area contributed by atoms with E-state index >= 15 is 0 Å².